The monoisotopic (exact) mass is 617 g/mol. The third-order valence-electron chi connectivity index (χ3n) is 6.76. The van der Waals surface area contributed by atoms with Gasteiger partial charge in [-0.1, -0.05) is 96.0 Å². The molecule has 224 valence electrons. The van der Waals surface area contributed by atoms with Gasteiger partial charge in [-0.25, -0.2) is 18.0 Å². The molecule has 0 aliphatic heterocycles. The van der Waals surface area contributed by atoms with Crippen LogP contribution in [-0.4, -0.2) is 33.6 Å². The Balaban J connectivity index is 0.00000103. The number of rotatable bonds is 16. The van der Waals surface area contributed by atoms with E-state index in [4.69, 9.17) is 21.3 Å². The van der Waals surface area contributed by atoms with E-state index >= 15 is 0 Å². The fourth-order valence-corrected chi connectivity index (χ4v) is 4.73. The van der Waals surface area contributed by atoms with Gasteiger partial charge in [0.2, 0.25) is 0 Å². The zero-order valence-corrected chi connectivity index (χ0v) is 29.1. The van der Waals surface area contributed by atoms with Crippen molar-refractivity contribution in [2.75, 3.05) is 13.2 Å². The molecule has 0 saturated heterocycles. The molecule has 0 aliphatic rings. The molecule has 2 atom stereocenters. The quantitative estimate of drug-likeness (QED) is 0.178. The molecular weight excluding hydrogens is 573 g/mol. The molecule has 2 aromatic rings. The van der Waals surface area contributed by atoms with Gasteiger partial charge in [-0.2, -0.15) is 0 Å². The molecule has 0 bridgehead atoms. The van der Waals surface area contributed by atoms with Crippen molar-refractivity contribution in [2.45, 2.75) is 90.9 Å². The van der Waals surface area contributed by atoms with E-state index < -0.39 is 22.0 Å². The molecule has 2 unspecified atom stereocenters. The van der Waals surface area contributed by atoms with Crippen molar-refractivity contribution in [3.8, 4) is 0 Å². The Morgan fingerprint density at radius 3 is 1.54 bits per heavy atom. The molecule has 0 amide bonds. The van der Waals surface area contributed by atoms with Crippen molar-refractivity contribution in [1.82, 2.24) is 0 Å². The van der Waals surface area contributed by atoms with E-state index in [0.29, 0.717) is 36.2 Å². The number of carbonyl (C=O) groups is 2. The Kier molecular flexibility index (Phi) is 21.4. The van der Waals surface area contributed by atoms with Crippen molar-refractivity contribution in [1.29, 1.82) is 0 Å². The average Bonchev–Trinajstić information content (AvgIpc) is 2.97. The summed E-state index contributed by atoms with van der Waals surface area (Å²) in [5, 5.41) is 0. The number of esters is 2. The van der Waals surface area contributed by atoms with E-state index in [2.05, 4.69) is 31.9 Å². The van der Waals surface area contributed by atoms with Crippen LogP contribution in [0.4, 0.5) is 0 Å². The van der Waals surface area contributed by atoms with Gasteiger partial charge >= 0.3 is 41.5 Å². The molecular formula is C31H45ClNNaO6S. The fourth-order valence-electron chi connectivity index (χ4n) is 3.93. The number of sulfonamides is 1. The van der Waals surface area contributed by atoms with Gasteiger partial charge in [0.1, 0.15) is 10.0 Å². The first-order valence-electron chi connectivity index (χ1n) is 14.2. The summed E-state index contributed by atoms with van der Waals surface area (Å²) in [6.07, 6.45) is 8.61. The minimum absolute atomic E-state index is 0. The number of unbranched alkanes of at least 4 members (excludes halogenated alkanes) is 2. The Labute approximate surface area is 274 Å². The van der Waals surface area contributed by atoms with E-state index in [9.17, 15) is 18.0 Å². The molecule has 0 saturated carbocycles. The van der Waals surface area contributed by atoms with Crippen LogP contribution in [0, 0.1) is 18.8 Å². The minimum Gasteiger partial charge on any atom is -0.462 e. The summed E-state index contributed by atoms with van der Waals surface area (Å²) in [4.78, 5) is 25.3. The molecule has 2 rings (SSSR count). The van der Waals surface area contributed by atoms with Crippen LogP contribution in [0.5, 0.6) is 0 Å². The maximum Gasteiger partial charge on any atom is 1.00 e. The third kappa shape index (κ3) is 15.0. The van der Waals surface area contributed by atoms with Gasteiger partial charge in [0.25, 0.3) is 0 Å². The summed E-state index contributed by atoms with van der Waals surface area (Å²) in [6.45, 7) is 11.2. The average molecular weight is 618 g/mol. The van der Waals surface area contributed by atoms with Crippen molar-refractivity contribution in [3.63, 3.8) is 0 Å². The second-order valence-corrected chi connectivity index (χ2v) is 11.9. The summed E-state index contributed by atoms with van der Waals surface area (Å²) in [6, 6.07) is 13.1. The number of hydrogen-bond donors (Lipinski definition) is 0. The van der Waals surface area contributed by atoms with Gasteiger partial charge < -0.3 is 13.7 Å². The second-order valence-electron chi connectivity index (χ2n) is 9.93. The summed E-state index contributed by atoms with van der Waals surface area (Å²) in [5.74, 6) is -0.153. The number of hydrogen-bond acceptors (Lipinski definition) is 6. The van der Waals surface area contributed by atoms with Gasteiger partial charge in [0.15, 0.2) is 0 Å². The number of aryl methyl sites for hydroxylation is 1. The molecule has 0 aromatic heterocycles. The molecule has 0 radical (unpaired) electrons. The van der Waals surface area contributed by atoms with Crippen LogP contribution in [0.1, 0.15) is 105 Å². The molecule has 41 heavy (non-hydrogen) atoms. The van der Waals surface area contributed by atoms with Crippen LogP contribution in [-0.2, 0) is 19.5 Å². The second kappa shape index (κ2) is 22.2. The van der Waals surface area contributed by atoms with E-state index in [1.54, 1.807) is 36.4 Å². The Bertz CT molecular complexity index is 1080. The van der Waals surface area contributed by atoms with E-state index in [-0.39, 0.29) is 34.5 Å². The standard InChI is InChI=1S/C24H38O4.C7H7ClNO2S.Na/c1-5-9-13-19(7-3)17-27-23(25)21-15-11-12-16-22(21)24(26)28-18-20(8-4)14-10-6-2;1-6-2-4-7(5-3-6)12(10,11)9-8;/h11-12,15-16,19-20H,5-10,13-14,17-18H2,1-4H3;2-5H,1H3;/q;-1;+1. The minimum atomic E-state index is -3.62. The number of halogens is 1. The molecule has 0 spiro atoms. The summed E-state index contributed by atoms with van der Waals surface area (Å²) < 4.78 is 35.8. The van der Waals surface area contributed by atoms with E-state index in [1.165, 1.54) is 12.1 Å². The van der Waals surface area contributed by atoms with Crippen LogP contribution < -0.4 is 29.6 Å². The first-order chi connectivity index (χ1) is 19.1. The van der Waals surface area contributed by atoms with Gasteiger partial charge in [-0.3, -0.25) is 11.8 Å². The Morgan fingerprint density at radius 2 is 1.20 bits per heavy atom. The fraction of sp³-hybridized carbons (Fsp3) is 0.548. The summed E-state index contributed by atoms with van der Waals surface area (Å²) in [7, 11) is -3.62. The number of carbonyl (C=O) groups excluding carboxylic acids is 2. The van der Waals surface area contributed by atoms with Crippen LogP contribution >= 0.6 is 11.8 Å². The van der Waals surface area contributed by atoms with Gasteiger partial charge in [-0.05, 0) is 55.9 Å². The maximum atomic E-state index is 12.6. The third-order valence-corrected chi connectivity index (χ3v) is 8.36. The van der Waals surface area contributed by atoms with Gasteiger partial charge in [-0.15, -0.1) is 0 Å². The van der Waals surface area contributed by atoms with Crippen molar-refractivity contribution < 1.29 is 57.0 Å². The first kappa shape index (κ1) is 39.6. The summed E-state index contributed by atoms with van der Waals surface area (Å²) in [5.41, 5.74) is 1.57. The first-order valence-corrected chi connectivity index (χ1v) is 16.0. The van der Waals surface area contributed by atoms with Crippen molar-refractivity contribution >= 4 is 33.7 Å². The normalized spacial score (nSPS) is 12.2. The Hall–Kier alpha value is -1.42. The zero-order valence-electron chi connectivity index (χ0n) is 25.5. The summed E-state index contributed by atoms with van der Waals surface area (Å²) >= 11 is 4.90. The van der Waals surface area contributed by atoms with Crippen LogP contribution in [0.25, 0.3) is 4.24 Å². The molecule has 0 N–H and O–H groups in total. The molecule has 0 aliphatic carbocycles. The zero-order chi connectivity index (χ0) is 30.0. The van der Waals surface area contributed by atoms with Crippen LogP contribution in [0.15, 0.2) is 53.4 Å². The van der Waals surface area contributed by atoms with Crippen LogP contribution in [0.3, 0.4) is 0 Å². The maximum absolute atomic E-state index is 12.6. The topological polar surface area (TPSA) is 101 Å². The predicted octanol–water partition coefficient (Wildman–Crippen LogP) is 5.65. The SMILES string of the molecule is CCCCC(CC)COC(=O)c1ccccc1C(=O)OCC(CC)CCCC.Cc1ccc(S(=O)(=O)[N-]Cl)cc1.[Na+]. The van der Waals surface area contributed by atoms with Gasteiger partial charge in [0.05, 0.1) is 24.3 Å². The van der Waals surface area contributed by atoms with E-state index in [0.717, 1.165) is 56.9 Å². The van der Waals surface area contributed by atoms with Crippen LogP contribution in [0.2, 0.25) is 0 Å². The molecule has 0 heterocycles. The Morgan fingerprint density at radius 1 is 0.780 bits per heavy atom. The molecule has 10 heteroatoms. The van der Waals surface area contributed by atoms with Crippen molar-refractivity contribution in [3.05, 3.63) is 69.5 Å². The largest absolute Gasteiger partial charge is 1.00 e. The smallest absolute Gasteiger partial charge is 0.462 e. The molecule has 7 nitrogen and oxygen atoms in total. The van der Waals surface area contributed by atoms with Crippen molar-refractivity contribution in [2.24, 2.45) is 11.8 Å². The molecule has 2 aromatic carbocycles. The number of ether oxygens (including phenoxy) is 2. The number of benzene rings is 2. The predicted molar refractivity (Wildman–Crippen MR) is 161 cm³/mol. The molecule has 0 fully saturated rings. The van der Waals surface area contributed by atoms with Gasteiger partial charge in [0, 0.05) is 4.90 Å². The number of nitrogens with zero attached hydrogens (tertiary/aromatic N) is 1. The van der Waals surface area contributed by atoms with E-state index in [1.807, 2.05) is 6.92 Å².